The fourth-order valence-corrected chi connectivity index (χ4v) is 1.86. The van der Waals surface area contributed by atoms with E-state index in [9.17, 15) is 0 Å². The molecule has 1 rings (SSSR count). The first-order valence-corrected chi connectivity index (χ1v) is 6.40. The molecule has 0 aliphatic rings. The average Bonchev–Trinajstić information content (AvgIpc) is 2.27. The van der Waals surface area contributed by atoms with E-state index in [-0.39, 0.29) is 0 Å². The van der Waals surface area contributed by atoms with E-state index in [4.69, 9.17) is 0 Å². The largest absolute Gasteiger partial charge is 0.354 e. The van der Waals surface area contributed by atoms with Gasteiger partial charge in [0.25, 0.3) is 0 Å². The van der Waals surface area contributed by atoms with Gasteiger partial charge in [-0.2, -0.15) is 0 Å². The van der Waals surface area contributed by atoms with Gasteiger partial charge in [-0.15, -0.1) is 0 Å². The summed E-state index contributed by atoms with van der Waals surface area (Å²) in [4.78, 5) is 6.91. The molecule has 1 heterocycles. The summed E-state index contributed by atoms with van der Waals surface area (Å²) in [5.74, 6) is 1.73. The molecule has 3 nitrogen and oxygen atoms in total. The van der Waals surface area contributed by atoms with E-state index < -0.39 is 0 Å². The van der Waals surface area contributed by atoms with E-state index in [0.29, 0.717) is 12.0 Å². The van der Waals surface area contributed by atoms with Crippen molar-refractivity contribution in [1.82, 2.24) is 10.3 Å². The molecule has 0 radical (unpaired) electrons. The van der Waals surface area contributed by atoms with E-state index >= 15 is 0 Å². The van der Waals surface area contributed by atoms with Gasteiger partial charge in [0.1, 0.15) is 5.82 Å². The maximum absolute atomic E-state index is 4.56. The predicted molar refractivity (Wildman–Crippen MR) is 74.3 cm³/mol. The Balaban J connectivity index is 2.80. The number of aromatic nitrogens is 1. The van der Waals surface area contributed by atoms with Crippen molar-refractivity contribution in [1.29, 1.82) is 0 Å². The molecule has 0 bridgehead atoms. The van der Waals surface area contributed by atoms with Crippen LogP contribution >= 0.6 is 0 Å². The Kier molecular flexibility index (Phi) is 5.42. The molecule has 0 aliphatic carbocycles. The van der Waals surface area contributed by atoms with E-state index in [1.54, 1.807) is 0 Å². The molecule has 3 heteroatoms. The second-order valence-corrected chi connectivity index (χ2v) is 5.19. The molecule has 0 unspecified atom stereocenters. The van der Waals surface area contributed by atoms with Crippen molar-refractivity contribution in [2.45, 2.75) is 40.3 Å². The van der Waals surface area contributed by atoms with Crippen LogP contribution in [0.25, 0.3) is 0 Å². The van der Waals surface area contributed by atoms with Crippen LogP contribution in [0.3, 0.4) is 0 Å². The molecule has 0 aliphatic heterocycles. The van der Waals surface area contributed by atoms with E-state index in [0.717, 1.165) is 18.9 Å². The summed E-state index contributed by atoms with van der Waals surface area (Å²) in [5, 5.41) is 3.13. The van der Waals surface area contributed by atoms with Gasteiger partial charge in [0.2, 0.25) is 0 Å². The van der Waals surface area contributed by atoms with Crippen molar-refractivity contribution in [3.8, 4) is 0 Å². The lowest BCUT2D eigenvalue weighted by Gasteiger charge is -2.29. The maximum Gasteiger partial charge on any atom is 0.128 e. The first-order valence-electron chi connectivity index (χ1n) is 6.40. The van der Waals surface area contributed by atoms with Crippen LogP contribution in [0.1, 0.15) is 33.3 Å². The van der Waals surface area contributed by atoms with Gasteiger partial charge in [0, 0.05) is 25.3 Å². The molecule has 0 amide bonds. The summed E-state index contributed by atoms with van der Waals surface area (Å²) in [6.07, 6.45) is 1.96. The van der Waals surface area contributed by atoms with Crippen molar-refractivity contribution in [3.05, 3.63) is 23.9 Å². The van der Waals surface area contributed by atoms with Crippen molar-refractivity contribution in [2.75, 3.05) is 18.5 Å². The zero-order chi connectivity index (χ0) is 12.8. The number of hydrogen-bond acceptors (Lipinski definition) is 3. The van der Waals surface area contributed by atoms with Crippen LogP contribution in [0.15, 0.2) is 18.3 Å². The number of rotatable bonds is 6. The molecule has 1 aromatic rings. The fraction of sp³-hybridized carbons (Fsp3) is 0.643. The number of anilines is 1. The number of nitrogens with zero attached hydrogens (tertiary/aromatic N) is 2. The van der Waals surface area contributed by atoms with E-state index in [1.165, 1.54) is 5.56 Å². The van der Waals surface area contributed by atoms with Crippen LogP contribution in [0.2, 0.25) is 0 Å². The normalized spacial score (nSPS) is 11.2. The van der Waals surface area contributed by atoms with Crippen molar-refractivity contribution < 1.29 is 0 Å². The summed E-state index contributed by atoms with van der Waals surface area (Å²) in [6, 6.07) is 4.75. The Labute approximate surface area is 105 Å². The minimum Gasteiger partial charge on any atom is -0.354 e. The van der Waals surface area contributed by atoms with Crippen LogP contribution in [-0.2, 0) is 6.54 Å². The van der Waals surface area contributed by atoms with Gasteiger partial charge < -0.3 is 10.2 Å². The summed E-state index contributed by atoms with van der Waals surface area (Å²) in [5.41, 5.74) is 1.23. The van der Waals surface area contributed by atoms with Crippen LogP contribution in [0.5, 0.6) is 0 Å². The van der Waals surface area contributed by atoms with E-state index in [1.807, 2.05) is 13.2 Å². The Bertz CT molecular complexity index is 317. The highest BCUT2D eigenvalue weighted by molar-refractivity contribution is 5.40. The SMILES string of the molecule is CNCc1ccc(N(CC(C)C)C(C)C)nc1. The molecule has 1 N–H and O–H groups in total. The van der Waals surface area contributed by atoms with Gasteiger partial charge in [-0.05, 0) is 38.4 Å². The molecule has 96 valence electrons. The Morgan fingerprint density at radius 3 is 2.35 bits per heavy atom. The summed E-state index contributed by atoms with van der Waals surface area (Å²) < 4.78 is 0. The summed E-state index contributed by atoms with van der Waals surface area (Å²) in [6.45, 7) is 10.8. The number of hydrogen-bond donors (Lipinski definition) is 1. The van der Waals surface area contributed by atoms with Crippen LogP contribution in [-0.4, -0.2) is 24.6 Å². The lowest BCUT2D eigenvalue weighted by Crippen LogP contribution is -2.34. The molecular weight excluding hydrogens is 210 g/mol. The minimum absolute atomic E-state index is 0.486. The molecule has 0 saturated heterocycles. The van der Waals surface area contributed by atoms with Gasteiger partial charge in [-0.1, -0.05) is 19.9 Å². The lowest BCUT2D eigenvalue weighted by molar-refractivity contribution is 0.566. The highest BCUT2D eigenvalue weighted by atomic mass is 15.2. The first kappa shape index (κ1) is 14.0. The third-order valence-corrected chi connectivity index (χ3v) is 2.67. The molecule has 0 atom stereocenters. The smallest absolute Gasteiger partial charge is 0.128 e. The lowest BCUT2D eigenvalue weighted by atomic mass is 10.1. The Morgan fingerprint density at radius 2 is 1.94 bits per heavy atom. The molecule has 0 aromatic carbocycles. The molecular formula is C14H25N3. The van der Waals surface area contributed by atoms with Crippen LogP contribution in [0.4, 0.5) is 5.82 Å². The van der Waals surface area contributed by atoms with Crippen LogP contribution < -0.4 is 10.2 Å². The van der Waals surface area contributed by atoms with E-state index in [2.05, 4.69) is 55.0 Å². The molecule has 1 aromatic heterocycles. The van der Waals surface area contributed by atoms with Crippen molar-refractivity contribution >= 4 is 5.82 Å². The average molecular weight is 235 g/mol. The second kappa shape index (κ2) is 6.60. The zero-order valence-corrected chi connectivity index (χ0v) is 11.7. The first-order chi connectivity index (χ1) is 8.04. The third-order valence-electron chi connectivity index (χ3n) is 2.67. The van der Waals surface area contributed by atoms with Crippen LogP contribution in [0, 0.1) is 5.92 Å². The van der Waals surface area contributed by atoms with Gasteiger partial charge in [-0.3, -0.25) is 0 Å². The number of nitrogens with one attached hydrogen (secondary N) is 1. The standard InChI is InChI=1S/C14H25N3/c1-11(2)10-17(12(3)4)14-7-6-13(8-15-5)9-16-14/h6-7,9,11-12,15H,8,10H2,1-5H3. The van der Waals surface area contributed by atoms with Gasteiger partial charge in [-0.25, -0.2) is 4.98 Å². The predicted octanol–water partition coefficient (Wildman–Crippen LogP) is 2.67. The third kappa shape index (κ3) is 4.35. The monoisotopic (exact) mass is 235 g/mol. The summed E-state index contributed by atoms with van der Waals surface area (Å²) in [7, 11) is 1.95. The Hall–Kier alpha value is -1.09. The number of pyridine rings is 1. The highest BCUT2D eigenvalue weighted by Gasteiger charge is 2.13. The van der Waals surface area contributed by atoms with Crippen molar-refractivity contribution in [2.24, 2.45) is 5.92 Å². The van der Waals surface area contributed by atoms with Gasteiger partial charge in [0.15, 0.2) is 0 Å². The topological polar surface area (TPSA) is 28.2 Å². The Morgan fingerprint density at radius 1 is 1.24 bits per heavy atom. The highest BCUT2D eigenvalue weighted by Crippen LogP contribution is 2.16. The van der Waals surface area contributed by atoms with Gasteiger partial charge in [0.05, 0.1) is 0 Å². The molecule has 17 heavy (non-hydrogen) atoms. The second-order valence-electron chi connectivity index (χ2n) is 5.19. The van der Waals surface area contributed by atoms with Crippen molar-refractivity contribution in [3.63, 3.8) is 0 Å². The van der Waals surface area contributed by atoms with Gasteiger partial charge >= 0.3 is 0 Å². The fourth-order valence-electron chi connectivity index (χ4n) is 1.86. The molecule has 0 fully saturated rings. The zero-order valence-electron chi connectivity index (χ0n) is 11.7. The minimum atomic E-state index is 0.486. The summed E-state index contributed by atoms with van der Waals surface area (Å²) >= 11 is 0. The quantitative estimate of drug-likeness (QED) is 0.821. The molecule has 0 spiro atoms. The molecule has 0 saturated carbocycles. The maximum atomic E-state index is 4.56.